The molecule has 5 heteroatoms. The highest BCUT2D eigenvalue weighted by molar-refractivity contribution is 9.10. The molecule has 0 aliphatic rings. The van der Waals surface area contributed by atoms with Crippen molar-refractivity contribution in [3.05, 3.63) is 106 Å². The molecule has 0 saturated carbocycles. The fraction of sp³-hybridized carbons (Fsp3) is 0.0769. The van der Waals surface area contributed by atoms with Crippen molar-refractivity contribution < 1.29 is 9.47 Å². The molecule has 2 nitrogen and oxygen atoms in total. The molecule has 0 atom stereocenters. The Morgan fingerprint density at radius 1 is 0.548 bits per heavy atom. The van der Waals surface area contributed by atoms with Crippen LogP contribution >= 0.6 is 31.9 Å². The zero-order valence-corrected chi connectivity index (χ0v) is 21.5. The van der Waals surface area contributed by atoms with E-state index < -0.39 is 8.07 Å². The molecule has 0 radical (unpaired) electrons. The van der Waals surface area contributed by atoms with Crippen LogP contribution in [0.15, 0.2) is 106 Å². The van der Waals surface area contributed by atoms with E-state index in [-0.39, 0.29) is 0 Å². The van der Waals surface area contributed by atoms with Gasteiger partial charge in [0.1, 0.15) is 11.5 Å². The summed E-state index contributed by atoms with van der Waals surface area (Å²) < 4.78 is 13.9. The summed E-state index contributed by atoms with van der Waals surface area (Å²) in [5.41, 5.74) is 0. The molecule has 0 heterocycles. The van der Waals surface area contributed by atoms with E-state index in [1.165, 1.54) is 10.4 Å². The van der Waals surface area contributed by atoms with E-state index >= 15 is 0 Å². The Morgan fingerprint density at radius 3 is 1.29 bits per heavy atom. The van der Waals surface area contributed by atoms with Gasteiger partial charge in [-0.15, -0.1) is 0 Å². The average Bonchev–Trinajstić information content (AvgIpc) is 2.81. The van der Waals surface area contributed by atoms with E-state index in [9.17, 15) is 0 Å². The molecule has 156 valence electrons. The molecule has 4 aromatic rings. The highest BCUT2D eigenvalue weighted by atomic mass is 79.9. The highest BCUT2D eigenvalue weighted by Crippen LogP contribution is 2.24. The first-order valence-electron chi connectivity index (χ1n) is 9.90. The highest BCUT2D eigenvalue weighted by Gasteiger charge is 2.45. The number of hydrogen-bond donors (Lipinski definition) is 0. The maximum absolute atomic E-state index is 5.94. The summed E-state index contributed by atoms with van der Waals surface area (Å²) in [4.78, 5) is 0. The van der Waals surface area contributed by atoms with Gasteiger partial charge in [-0.3, -0.25) is 0 Å². The molecule has 0 saturated heterocycles. The summed E-state index contributed by atoms with van der Waals surface area (Å²) >= 11 is 7.42. The maximum Gasteiger partial charge on any atom is 0.188 e. The van der Waals surface area contributed by atoms with Crippen LogP contribution in [0.25, 0.3) is 0 Å². The van der Waals surface area contributed by atoms with E-state index in [0.717, 1.165) is 30.8 Å². The minimum atomic E-state index is -2.80. The van der Waals surface area contributed by atoms with Crippen LogP contribution in [0.2, 0.25) is 0 Å². The van der Waals surface area contributed by atoms with Gasteiger partial charge < -0.3 is 9.47 Å². The third-order valence-electron chi connectivity index (χ3n) is 5.54. The Balaban J connectivity index is 2.26. The number of hydrogen-bond acceptors (Lipinski definition) is 2. The van der Waals surface area contributed by atoms with Gasteiger partial charge in [0.15, 0.2) is 8.07 Å². The van der Waals surface area contributed by atoms with Crippen molar-refractivity contribution in [1.29, 1.82) is 0 Å². The second-order valence-electron chi connectivity index (χ2n) is 7.17. The lowest BCUT2D eigenvalue weighted by Gasteiger charge is -2.36. The fourth-order valence-electron chi connectivity index (χ4n) is 4.26. The van der Waals surface area contributed by atoms with Crippen LogP contribution in [0.4, 0.5) is 0 Å². The Kier molecular flexibility index (Phi) is 6.65. The third kappa shape index (κ3) is 3.98. The largest absolute Gasteiger partial charge is 0.497 e. The van der Waals surface area contributed by atoms with Crippen LogP contribution in [-0.4, -0.2) is 22.3 Å². The molecule has 31 heavy (non-hydrogen) atoms. The number of benzene rings is 4. The first kappa shape index (κ1) is 21.9. The Hall–Kier alpha value is -2.34. The second-order valence-corrected chi connectivity index (χ2v) is 12.7. The molecule has 0 aromatic heterocycles. The van der Waals surface area contributed by atoms with E-state index in [1.807, 2.05) is 24.3 Å². The van der Waals surface area contributed by atoms with Crippen LogP contribution in [-0.2, 0) is 0 Å². The Bertz CT molecular complexity index is 1090. The maximum atomic E-state index is 5.94. The molecule has 4 aromatic carbocycles. The molecule has 0 aliphatic heterocycles. The number of ether oxygens (including phenoxy) is 2. The molecule has 0 aliphatic carbocycles. The number of rotatable bonds is 6. The quantitative estimate of drug-likeness (QED) is 0.256. The lowest BCUT2D eigenvalue weighted by Crippen LogP contribution is -2.75. The molecule has 0 unspecified atom stereocenters. The van der Waals surface area contributed by atoms with E-state index in [4.69, 9.17) is 9.47 Å². The molecular formula is C26H22Br2O2Si. The lowest BCUT2D eigenvalue weighted by atomic mass is 10.3. The van der Waals surface area contributed by atoms with E-state index in [2.05, 4.69) is 105 Å². The normalized spacial score (nSPS) is 11.2. The lowest BCUT2D eigenvalue weighted by molar-refractivity contribution is 0.417. The summed E-state index contributed by atoms with van der Waals surface area (Å²) in [5.74, 6) is 1.73. The first-order valence-corrected chi connectivity index (χ1v) is 13.5. The van der Waals surface area contributed by atoms with Gasteiger partial charge in [0.2, 0.25) is 0 Å². The van der Waals surface area contributed by atoms with Crippen molar-refractivity contribution in [2.24, 2.45) is 0 Å². The van der Waals surface area contributed by atoms with Crippen molar-refractivity contribution in [3.63, 3.8) is 0 Å². The predicted octanol–water partition coefficient (Wildman–Crippen LogP) is 4.61. The third-order valence-corrected chi connectivity index (χ3v) is 11.3. The van der Waals surface area contributed by atoms with Crippen LogP contribution < -0.4 is 30.2 Å². The predicted molar refractivity (Wildman–Crippen MR) is 139 cm³/mol. The fourth-order valence-corrected chi connectivity index (χ4v) is 10.5. The summed E-state index contributed by atoms with van der Waals surface area (Å²) in [6.45, 7) is 0. The minimum absolute atomic E-state index is 0.865. The van der Waals surface area contributed by atoms with Gasteiger partial charge in [-0.25, -0.2) is 0 Å². The van der Waals surface area contributed by atoms with E-state index in [1.54, 1.807) is 14.2 Å². The van der Waals surface area contributed by atoms with Crippen LogP contribution in [0.5, 0.6) is 11.5 Å². The summed E-state index contributed by atoms with van der Waals surface area (Å²) in [5, 5.41) is 4.85. The molecule has 4 rings (SSSR count). The molecular weight excluding hydrogens is 532 g/mol. The minimum Gasteiger partial charge on any atom is -0.497 e. The van der Waals surface area contributed by atoms with Crippen LogP contribution in [0.1, 0.15) is 0 Å². The molecule has 0 fully saturated rings. The topological polar surface area (TPSA) is 18.5 Å². The zero-order valence-electron chi connectivity index (χ0n) is 17.3. The van der Waals surface area contributed by atoms with Gasteiger partial charge >= 0.3 is 0 Å². The van der Waals surface area contributed by atoms with Gasteiger partial charge in [-0.2, -0.15) is 0 Å². The molecule has 0 N–H and O–H groups in total. The van der Waals surface area contributed by atoms with Crippen molar-refractivity contribution >= 4 is 60.7 Å². The Labute approximate surface area is 201 Å². The monoisotopic (exact) mass is 552 g/mol. The summed E-state index contributed by atoms with van der Waals surface area (Å²) in [6.07, 6.45) is 0. The molecule has 0 bridgehead atoms. The van der Waals surface area contributed by atoms with Crippen molar-refractivity contribution in [2.75, 3.05) is 14.2 Å². The molecule has 0 spiro atoms. The van der Waals surface area contributed by atoms with Crippen LogP contribution in [0, 0.1) is 0 Å². The van der Waals surface area contributed by atoms with Gasteiger partial charge in [0, 0.05) is 8.95 Å². The molecule has 0 amide bonds. The van der Waals surface area contributed by atoms with Crippen molar-refractivity contribution in [3.8, 4) is 11.5 Å². The van der Waals surface area contributed by atoms with Gasteiger partial charge in [-0.05, 0) is 57.1 Å². The smallest absolute Gasteiger partial charge is 0.188 e. The average molecular weight is 554 g/mol. The van der Waals surface area contributed by atoms with Gasteiger partial charge in [0.25, 0.3) is 0 Å². The summed E-state index contributed by atoms with van der Waals surface area (Å²) in [6, 6.07) is 34.0. The standard InChI is InChI=1S/C26H22Br2O2Si/c1-29-23-15-13-19(27)17-25(23)31(21-9-5-3-6-10-21,22-11-7-4-8-12-22)26-18-20(28)14-16-24(26)30-2/h3-18H,1-2H3. The SMILES string of the molecule is COc1ccc(Br)cc1[Si](c1ccccc1)(c1ccccc1)c1cc(Br)ccc1OC. The zero-order chi connectivity index (χ0) is 21.8. The van der Waals surface area contributed by atoms with E-state index in [0.29, 0.717) is 0 Å². The Morgan fingerprint density at radius 2 is 0.935 bits per heavy atom. The number of methoxy groups -OCH3 is 2. The number of halogens is 2. The summed E-state index contributed by atoms with van der Waals surface area (Å²) in [7, 11) is 0.668. The van der Waals surface area contributed by atoms with Crippen molar-refractivity contribution in [1.82, 2.24) is 0 Å². The second kappa shape index (κ2) is 9.43. The van der Waals surface area contributed by atoms with Gasteiger partial charge in [0.05, 0.1) is 14.2 Å². The first-order chi connectivity index (χ1) is 15.1. The van der Waals surface area contributed by atoms with Crippen LogP contribution in [0.3, 0.4) is 0 Å². The van der Waals surface area contributed by atoms with Crippen molar-refractivity contribution in [2.45, 2.75) is 0 Å². The van der Waals surface area contributed by atoms with Gasteiger partial charge in [-0.1, -0.05) is 92.5 Å².